The normalized spacial score (nSPS) is 36.0. The zero-order valence-electron chi connectivity index (χ0n) is 6.78. The van der Waals surface area contributed by atoms with E-state index in [-0.39, 0.29) is 12.2 Å². The molecular formula is C7H14O2S2. The molecule has 66 valence electrons. The van der Waals surface area contributed by atoms with E-state index in [1.54, 1.807) is 0 Å². The molecule has 0 radical (unpaired) electrons. The van der Waals surface area contributed by atoms with Crippen molar-refractivity contribution in [1.29, 1.82) is 0 Å². The number of hydrogen-bond donors (Lipinski definition) is 2. The second-order valence-corrected chi connectivity index (χ2v) is 3.81. The summed E-state index contributed by atoms with van der Waals surface area (Å²) < 4.78 is 11.1. The van der Waals surface area contributed by atoms with Crippen molar-refractivity contribution >= 4 is 25.3 Å². The van der Waals surface area contributed by atoms with E-state index in [2.05, 4.69) is 25.3 Å². The zero-order valence-corrected chi connectivity index (χ0v) is 8.57. The van der Waals surface area contributed by atoms with E-state index < -0.39 is 5.79 Å². The SMILES string of the molecule is CC1(C)O[C@@H](CS)[C@H](CS)O1. The van der Waals surface area contributed by atoms with Crippen molar-refractivity contribution in [2.24, 2.45) is 0 Å². The fourth-order valence-corrected chi connectivity index (χ4v) is 1.84. The highest BCUT2D eigenvalue weighted by molar-refractivity contribution is 7.80. The van der Waals surface area contributed by atoms with Crippen LogP contribution in [0.5, 0.6) is 0 Å². The molecule has 0 aromatic carbocycles. The van der Waals surface area contributed by atoms with Crippen molar-refractivity contribution in [3.8, 4) is 0 Å². The van der Waals surface area contributed by atoms with Gasteiger partial charge in [-0.15, -0.1) is 0 Å². The molecule has 0 amide bonds. The maximum Gasteiger partial charge on any atom is 0.163 e. The number of hydrogen-bond acceptors (Lipinski definition) is 4. The highest BCUT2D eigenvalue weighted by Crippen LogP contribution is 2.28. The fraction of sp³-hybridized carbons (Fsp3) is 1.00. The number of rotatable bonds is 2. The highest BCUT2D eigenvalue weighted by Gasteiger charge is 2.39. The summed E-state index contributed by atoms with van der Waals surface area (Å²) in [4.78, 5) is 0. The summed E-state index contributed by atoms with van der Waals surface area (Å²) in [5, 5.41) is 0. The van der Waals surface area contributed by atoms with Gasteiger partial charge in [0.1, 0.15) is 0 Å². The third-order valence-electron chi connectivity index (χ3n) is 1.64. The smallest absolute Gasteiger partial charge is 0.163 e. The maximum atomic E-state index is 5.55. The van der Waals surface area contributed by atoms with Crippen LogP contribution in [0.25, 0.3) is 0 Å². The van der Waals surface area contributed by atoms with E-state index in [4.69, 9.17) is 9.47 Å². The molecule has 1 fully saturated rings. The van der Waals surface area contributed by atoms with E-state index in [0.29, 0.717) is 11.5 Å². The monoisotopic (exact) mass is 194 g/mol. The van der Waals surface area contributed by atoms with Crippen LogP contribution in [-0.2, 0) is 9.47 Å². The van der Waals surface area contributed by atoms with Crippen molar-refractivity contribution in [3.63, 3.8) is 0 Å². The summed E-state index contributed by atoms with van der Waals surface area (Å²) in [5.41, 5.74) is 0. The first kappa shape index (κ1) is 9.71. The minimum atomic E-state index is -0.458. The summed E-state index contributed by atoms with van der Waals surface area (Å²) in [6.45, 7) is 3.82. The molecular weight excluding hydrogens is 180 g/mol. The number of ether oxygens (including phenoxy) is 2. The van der Waals surface area contributed by atoms with Gasteiger partial charge in [0.25, 0.3) is 0 Å². The van der Waals surface area contributed by atoms with Gasteiger partial charge in [-0.2, -0.15) is 25.3 Å². The Morgan fingerprint density at radius 3 is 1.73 bits per heavy atom. The third kappa shape index (κ3) is 2.28. The van der Waals surface area contributed by atoms with Crippen LogP contribution in [0.1, 0.15) is 13.8 Å². The van der Waals surface area contributed by atoms with Crippen LogP contribution in [-0.4, -0.2) is 29.5 Å². The molecule has 2 atom stereocenters. The summed E-state index contributed by atoms with van der Waals surface area (Å²) in [5.74, 6) is 0.921. The molecule has 11 heavy (non-hydrogen) atoms. The Bertz CT molecular complexity index is 124. The van der Waals surface area contributed by atoms with Crippen LogP contribution >= 0.6 is 25.3 Å². The van der Waals surface area contributed by atoms with Crippen molar-refractivity contribution in [3.05, 3.63) is 0 Å². The Labute approximate surface area is 78.5 Å². The Hall–Kier alpha value is 0.620. The molecule has 0 unspecified atom stereocenters. The standard InChI is InChI=1S/C7H14O2S2/c1-7(2)8-5(3-10)6(4-11)9-7/h5-6,10-11H,3-4H2,1-2H3/t5-,6-/m0/s1. The molecule has 1 heterocycles. The second-order valence-electron chi connectivity index (χ2n) is 3.08. The fourth-order valence-electron chi connectivity index (χ4n) is 1.22. The van der Waals surface area contributed by atoms with Gasteiger partial charge in [0.2, 0.25) is 0 Å². The van der Waals surface area contributed by atoms with Crippen molar-refractivity contribution in [1.82, 2.24) is 0 Å². The molecule has 2 nitrogen and oxygen atoms in total. The van der Waals surface area contributed by atoms with E-state index in [1.807, 2.05) is 13.8 Å². The van der Waals surface area contributed by atoms with E-state index in [1.165, 1.54) is 0 Å². The van der Waals surface area contributed by atoms with Crippen LogP contribution in [0.4, 0.5) is 0 Å². The molecule has 0 aliphatic carbocycles. The molecule has 0 saturated carbocycles. The summed E-state index contributed by atoms with van der Waals surface area (Å²) >= 11 is 8.34. The van der Waals surface area contributed by atoms with Gasteiger partial charge in [0.05, 0.1) is 12.2 Å². The number of thiol groups is 2. The minimum absolute atomic E-state index is 0.0887. The van der Waals surface area contributed by atoms with Crippen molar-refractivity contribution in [2.45, 2.75) is 31.8 Å². The van der Waals surface area contributed by atoms with Crippen LogP contribution in [0.2, 0.25) is 0 Å². The Morgan fingerprint density at radius 2 is 1.45 bits per heavy atom. The third-order valence-corrected chi connectivity index (χ3v) is 2.36. The lowest BCUT2D eigenvalue weighted by molar-refractivity contribution is -0.142. The molecule has 1 aliphatic rings. The Morgan fingerprint density at radius 1 is 1.09 bits per heavy atom. The molecule has 0 N–H and O–H groups in total. The molecule has 0 aromatic heterocycles. The molecule has 4 heteroatoms. The van der Waals surface area contributed by atoms with Gasteiger partial charge in [-0.1, -0.05) is 0 Å². The van der Waals surface area contributed by atoms with E-state index in [9.17, 15) is 0 Å². The predicted octanol–water partition coefficient (Wildman–Crippen LogP) is 1.37. The first-order chi connectivity index (χ1) is 5.09. The summed E-state index contributed by atoms with van der Waals surface area (Å²) in [6.07, 6.45) is 0.177. The average Bonchev–Trinajstić information content (AvgIpc) is 2.25. The van der Waals surface area contributed by atoms with Crippen LogP contribution in [0, 0.1) is 0 Å². The molecule has 1 saturated heterocycles. The lowest BCUT2D eigenvalue weighted by atomic mass is 10.3. The van der Waals surface area contributed by atoms with Gasteiger partial charge in [0.15, 0.2) is 5.79 Å². The Balaban J connectivity index is 2.55. The average molecular weight is 194 g/mol. The lowest BCUT2D eigenvalue weighted by Crippen LogP contribution is -2.25. The molecule has 1 rings (SSSR count). The molecule has 0 spiro atoms. The van der Waals surface area contributed by atoms with Crippen LogP contribution in [0.15, 0.2) is 0 Å². The van der Waals surface area contributed by atoms with Gasteiger partial charge >= 0.3 is 0 Å². The molecule has 1 aliphatic heterocycles. The van der Waals surface area contributed by atoms with Gasteiger partial charge in [-0.05, 0) is 13.8 Å². The first-order valence-corrected chi connectivity index (χ1v) is 4.93. The van der Waals surface area contributed by atoms with E-state index >= 15 is 0 Å². The van der Waals surface area contributed by atoms with Crippen molar-refractivity contribution in [2.75, 3.05) is 11.5 Å². The Kier molecular flexibility index (Phi) is 3.14. The quantitative estimate of drug-likeness (QED) is 0.647. The van der Waals surface area contributed by atoms with Crippen molar-refractivity contribution < 1.29 is 9.47 Å². The maximum absolute atomic E-state index is 5.55. The van der Waals surface area contributed by atoms with Crippen LogP contribution < -0.4 is 0 Å². The predicted molar refractivity (Wildman–Crippen MR) is 51.5 cm³/mol. The van der Waals surface area contributed by atoms with Gasteiger partial charge < -0.3 is 9.47 Å². The van der Waals surface area contributed by atoms with Crippen LogP contribution in [0.3, 0.4) is 0 Å². The van der Waals surface area contributed by atoms with E-state index in [0.717, 1.165) is 0 Å². The van der Waals surface area contributed by atoms with Gasteiger partial charge in [-0.3, -0.25) is 0 Å². The summed E-state index contributed by atoms with van der Waals surface area (Å²) in [7, 11) is 0. The highest BCUT2D eigenvalue weighted by atomic mass is 32.1. The van der Waals surface area contributed by atoms with Gasteiger partial charge in [-0.25, -0.2) is 0 Å². The van der Waals surface area contributed by atoms with Gasteiger partial charge in [0, 0.05) is 11.5 Å². The largest absolute Gasteiger partial charge is 0.344 e. The topological polar surface area (TPSA) is 18.5 Å². The summed E-state index contributed by atoms with van der Waals surface area (Å²) in [6, 6.07) is 0. The first-order valence-electron chi connectivity index (χ1n) is 3.66. The lowest BCUT2D eigenvalue weighted by Gasteiger charge is -2.16. The minimum Gasteiger partial charge on any atom is -0.344 e. The molecule has 0 bridgehead atoms. The second kappa shape index (κ2) is 3.56. The zero-order chi connectivity index (χ0) is 8.48. The molecule has 0 aromatic rings.